The minimum absolute atomic E-state index is 0. The van der Waals surface area contributed by atoms with Gasteiger partial charge in [0, 0.05) is 0 Å². The second kappa shape index (κ2) is 6.80. The summed E-state index contributed by atoms with van der Waals surface area (Å²) < 4.78 is 0.647. The van der Waals surface area contributed by atoms with E-state index in [-0.39, 0.29) is 27.7 Å². The maximum Gasteiger partial charge on any atom is 2.00 e. The largest absolute Gasteiger partial charge is 2.00 e. The van der Waals surface area contributed by atoms with Gasteiger partial charge < -0.3 is 0 Å². The van der Waals surface area contributed by atoms with Gasteiger partial charge in [-0.15, -0.1) is 0 Å². The zero-order valence-corrected chi connectivity index (χ0v) is 13.9. The van der Waals surface area contributed by atoms with Crippen LogP contribution in [0.2, 0.25) is 0 Å². The minimum atomic E-state index is 0. The molecule has 0 bridgehead atoms. The van der Waals surface area contributed by atoms with Gasteiger partial charge >= 0.3 is 32.0 Å². The Morgan fingerprint density at radius 1 is 1.33 bits per heavy atom. The Balaban J connectivity index is 0.00000121. The third-order valence-corrected chi connectivity index (χ3v) is 1.34. The molecule has 0 aromatic heterocycles. The standard InChI is InChI=1S/C7H8N2S2.Hg/c10-7(11)9-8-6-4-2-1-3-5-6;/h1-5,8H,(H2,9,10,11);/q;+2/p+2. The molecule has 12 heavy (non-hydrogen) atoms. The fourth-order valence-electron chi connectivity index (χ4n) is 0.653. The van der Waals surface area contributed by atoms with Gasteiger partial charge in [-0.1, -0.05) is 23.3 Å². The Morgan fingerprint density at radius 3 is 2.42 bits per heavy atom. The molecule has 0 spiro atoms. The normalized spacial score (nSPS) is 10.3. The summed E-state index contributed by atoms with van der Waals surface area (Å²) in [6, 6.07) is 9.78. The third kappa shape index (κ3) is 5.06. The molecule has 0 amide bonds. The number of anilines is 1. The number of nitrogens with one attached hydrogen (secondary N) is 2. The maximum atomic E-state index is 3.98. The Morgan fingerprint density at radius 2 is 1.92 bits per heavy atom. The second-order valence-corrected chi connectivity index (χ2v) is 3.33. The van der Waals surface area contributed by atoms with Crippen LogP contribution in [0.1, 0.15) is 0 Å². The summed E-state index contributed by atoms with van der Waals surface area (Å²) in [6.45, 7) is 0. The van der Waals surface area contributed by atoms with E-state index < -0.39 is 0 Å². The van der Waals surface area contributed by atoms with Crippen molar-refractivity contribution in [1.82, 2.24) is 0 Å². The Labute approximate surface area is 103 Å². The van der Waals surface area contributed by atoms with Gasteiger partial charge in [0.1, 0.15) is 0 Å². The van der Waals surface area contributed by atoms with Crippen LogP contribution in [0, 0.1) is 0 Å². The van der Waals surface area contributed by atoms with Crippen LogP contribution in [-0.4, -0.2) is 4.38 Å². The zero-order valence-electron chi connectivity index (χ0n) is 6.54. The van der Waals surface area contributed by atoms with E-state index in [1.165, 1.54) is 0 Å². The van der Waals surface area contributed by atoms with Gasteiger partial charge in [0.25, 0.3) is 0 Å². The molecule has 0 aliphatic carbocycles. The van der Waals surface area contributed by atoms with E-state index in [9.17, 15) is 0 Å². The molecular formula is C7H10HgN2S2+4. The van der Waals surface area contributed by atoms with Crippen molar-refractivity contribution >= 4 is 35.3 Å². The molecule has 0 atom stereocenters. The summed E-state index contributed by atoms with van der Waals surface area (Å²) in [5.41, 5.74) is 3.93. The van der Waals surface area contributed by atoms with Crippen molar-refractivity contribution in [2.45, 2.75) is 0 Å². The van der Waals surface area contributed by atoms with Crippen LogP contribution in [0.3, 0.4) is 0 Å². The van der Waals surface area contributed by atoms with Gasteiger partial charge in [0.2, 0.25) is 0 Å². The van der Waals surface area contributed by atoms with E-state index >= 15 is 0 Å². The molecular weight excluding hydrogens is 377 g/mol. The zero-order chi connectivity index (χ0) is 8.10. The smallest absolute Gasteiger partial charge is 0.164 e. The summed E-state index contributed by atoms with van der Waals surface area (Å²) in [7, 11) is 0. The van der Waals surface area contributed by atoms with Crippen LogP contribution < -0.4 is 10.5 Å². The molecule has 0 heterocycles. The topological polar surface area (TPSA) is 26.0 Å². The summed E-state index contributed by atoms with van der Waals surface area (Å²) in [5.74, 6) is 0. The molecule has 1 aromatic rings. The van der Waals surface area contributed by atoms with E-state index in [4.69, 9.17) is 0 Å². The summed E-state index contributed by atoms with van der Waals surface area (Å²) in [6.07, 6.45) is 0. The van der Waals surface area contributed by atoms with Gasteiger partial charge in [-0.3, -0.25) is 0 Å². The molecule has 5 heteroatoms. The first-order valence-corrected chi connectivity index (χ1v) is 4.08. The first-order valence-electron chi connectivity index (χ1n) is 3.13. The molecule has 0 aliphatic rings. The van der Waals surface area contributed by atoms with Gasteiger partial charge in [-0.25, -0.2) is 0 Å². The molecule has 58 valence electrons. The number of hydrogen-bond donors (Lipinski definition) is 3. The molecule has 0 radical (unpaired) electrons. The van der Waals surface area contributed by atoms with Crippen LogP contribution in [0.15, 0.2) is 30.3 Å². The van der Waals surface area contributed by atoms with Gasteiger partial charge in [-0.2, -0.15) is 5.43 Å². The Bertz CT molecular complexity index is 247. The molecule has 0 saturated heterocycles. The number of hydrazone groups is 1. The van der Waals surface area contributed by atoms with E-state index in [0.29, 0.717) is 4.38 Å². The quantitative estimate of drug-likeness (QED) is 0.155. The van der Waals surface area contributed by atoms with Crippen LogP contribution >= 0.6 is 12.6 Å². The van der Waals surface area contributed by atoms with E-state index in [1.54, 1.807) is 0 Å². The van der Waals surface area contributed by atoms with E-state index in [2.05, 4.69) is 35.8 Å². The van der Waals surface area contributed by atoms with Gasteiger partial charge in [0.15, 0.2) is 0 Å². The summed E-state index contributed by atoms with van der Waals surface area (Å²) in [5, 5.41) is 2.81. The molecule has 0 unspecified atom stereocenters. The summed E-state index contributed by atoms with van der Waals surface area (Å²) >= 11 is 7.17. The Kier molecular flexibility index (Phi) is 6.98. The fraction of sp³-hybridized carbons (Fsp3) is 0. The monoisotopic (exact) mass is 388 g/mol. The number of hydrogen-bond acceptors (Lipinski definition) is 1. The fourth-order valence-corrected chi connectivity index (χ4v) is 0.771. The molecule has 2 nitrogen and oxygen atoms in total. The molecule has 0 aliphatic heterocycles. The molecule has 0 saturated carbocycles. The van der Waals surface area contributed by atoms with Gasteiger partial charge in [0.05, 0.1) is 18.3 Å². The molecule has 1 aromatic carbocycles. The van der Waals surface area contributed by atoms with Crippen molar-refractivity contribution in [3.8, 4) is 0 Å². The number of benzene rings is 1. The maximum absolute atomic E-state index is 3.98. The average Bonchev–Trinajstić information content (AvgIpc) is 2.03. The predicted octanol–water partition coefficient (Wildman–Crippen LogP) is -0.611. The van der Waals surface area contributed by atoms with Crippen LogP contribution in [0.4, 0.5) is 5.69 Å². The van der Waals surface area contributed by atoms with Crippen molar-refractivity contribution in [2.24, 2.45) is 0 Å². The second-order valence-electron chi connectivity index (χ2n) is 1.96. The van der Waals surface area contributed by atoms with Crippen LogP contribution in [-0.2, 0) is 40.3 Å². The molecule has 1 rings (SSSR count). The number of rotatable bonds is 2. The van der Waals surface area contributed by atoms with Crippen LogP contribution in [0.5, 0.6) is 0 Å². The van der Waals surface area contributed by atoms with E-state index in [1.807, 2.05) is 30.3 Å². The third-order valence-electron chi connectivity index (χ3n) is 1.10. The first-order chi connectivity index (χ1) is 5.29. The van der Waals surface area contributed by atoms with Crippen molar-refractivity contribution in [1.29, 1.82) is 0 Å². The minimum Gasteiger partial charge on any atom is -0.164 e. The van der Waals surface area contributed by atoms with Gasteiger partial charge in [-0.05, 0) is 24.8 Å². The van der Waals surface area contributed by atoms with Crippen molar-refractivity contribution in [3.05, 3.63) is 30.3 Å². The van der Waals surface area contributed by atoms with Crippen LogP contribution in [0.25, 0.3) is 0 Å². The Hall–Kier alpha value is 0.325. The number of para-hydroxylation sites is 1. The number of thiol groups is 1. The first kappa shape index (κ1) is 12.3. The average molecular weight is 387 g/mol. The number of hydrazine groups is 1. The van der Waals surface area contributed by atoms with Crippen molar-refractivity contribution < 1.29 is 32.8 Å². The molecule has 0 fully saturated rings. The van der Waals surface area contributed by atoms with E-state index in [0.717, 1.165) is 5.69 Å². The molecule has 2 N–H and O–H groups in total. The predicted molar refractivity (Wildman–Crippen MR) is 55.2 cm³/mol. The summed E-state index contributed by atoms with van der Waals surface area (Å²) in [4.78, 5) is 0. The van der Waals surface area contributed by atoms with Crippen molar-refractivity contribution in [2.75, 3.05) is 5.43 Å². The van der Waals surface area contributed by atoms with Crippen molar-refractivity contribution in [3.63, 3.8) is 0 Å². The SMILES string of the molecule is S/C([SH2+])=[NH+]\Nc1ccccc1.[Hg+2].